The smallest absolute Gasteiger partial charge is 0.491 e. The van der Waals surface area contributed by atoms with E-state index < -0.39 is 11.8 Å². The van der Waals surface area contributed by atoms with Crippen molar-refractivity contribution >= 4 is 16.8 Å². The molecule has 0 aliphatic rings. The Balaban J connectivity index is 2.04. The topological polar surface area (TPSA) is 93.2 Å². The molecule has 0 amide bonds. The quantitative estimate of drug-likeness (QED) is 0.399. The highest BCUT2D eigenvalue weighted by Crippen LogP contribution is 2.26. The summed E-state index contributed by atoms with van der Waals surface area (Å²) >= 11 is 0.578. The number of aliphatic hydroxyl groups excluding tert-OH is 1. The molecule has 7 nitrogen and oxygen atoms in total. The lowest BCUT2D eigenvalue weighted by Gasteiger charge is -2.13. The first-order valence-electron chi connectivity index (χ1n) is 7.92. The summed E-state index contributed by atoms with van der Waals surface area (Å²) in [6.45, 7) is 3.33. The molecule has 0 aliphatic carbocycles. The van der Waals surface area contributed by atoms with Gasteiger partial charge < -0.3 is 9.84 Å². The first-order valence-corrected chi connectivity index (χ1v) is 8.80. The van der Waals surface area contributed by atoms with E-state index in [1.54, 1.807) is 29.8 Å². The molecule has 0 fully saturated rings. The van der Waals surface area contributed by atoms with E-state index in [1.165, 1.54) is 6.92 Å². The molecular weight excluding hydrogens is 385 g/mol. The maximum absolute atomic E-state index is 12.2. The van der Waals surface area contributed by atoms with Crippen LogP contribution in [0.2, 0.25) is 0 Å². The number of ether oxygens (including phenoxy) is 2. The minimum Gasteiger partial charge on any atom is -0.491 e. The second kappa shape index (κ2) is 9.20. The number of benzene rings is 1. The average molecular weight is 404 g/mol. The number of hydrogen-bond acceptors (Lipinski definition) is 7. The first kappa shape index (κ1) is 21.2. The van der Waals surface area contributed by atoms with Crippen molar-refractivity contribution in [2.75, 3.05) is 13.2 Å². The molecule has 2 aromatic rings. The second-order valence-electron chi connectivity index (χ2n) is 5.44. The molecule has 0 radical (unpaired) electrons. The fourth-order valence-corrected chi connectivity index (χ4v) is 2.85. The average Bonchev–Trinajstić information content (AvgIpc) is 2.92. The number of aliphatic hydroxyl groups is 1. The molecule has 0 saturated heterocycles. The summed E-state index contributed by atoms with van der Waals surface area (Å²) in [4.78, 5) is 4.13. The summed E-state index contributed by atoms with van der Waals surface area (Å²) in [6, 6.07) is 7.19. The van der Waals surface area contributed by atoms with Crippen LogP contribution < -0.4 is 4.74 Å². The van der Waals surface area contributed by atoms with Crippen LogP contribution in [0.15, 0.2) is 24.3 Å². The largest absolute Gasteiger partial charge is 0.523 e. The Kier molecular flexibility index (Phi) is 7.22. The summed E-state index contributed by atoms with van der Waals surface area (Å²) < 4.78 is 47.4. The Labute approximate surface area is 158 Å². The van der Waals surface area contributed by atoms with Crippen LogP contribution in [0.4, 0.5) is 13.2 Å². The Morgan fingerprint density at radius 1 is 1.41 bits per heavy atom. The van der Waals surface area contributed by atoms with Crippen molar-refractivity contribution in [3.8, 4) is 5.75 Å². The minimum atomic E-state index is -4.77. The zero-order chi connectivity index (χ0) is 20.0. The van der Waals surface area contributed by atoms with E-state index in [9.17, 15) is 13.2 Å². The predicted octanol–water partition coefficient (Wildman–Crippen LogP) is 2.95. The SMILES string of the molecule is Cc1nc(C(=N)SC(C)OC(F)(F)F)nn1Cc1cccc(OCCO)c1. The minimum absolute atomic E-state index is 0.0304. The van der Waals surface area contributed by atoms with Crippen LogP contribution in [0, 0.1) is 12.3 Å². The van der Waals surface area contributed by atoms with Gasteiger partial charge in [0.1, 0.15) is 28.7 Å². The van der Waals surface area contributed by atoms with Gasteiger partial charge in [-0.3, -0.25) is 10.1 Å². The second-order valence-corrected chi connectivity index (χ2v) is 6.75. The van der Waals surface area contributed by atoms with E-state index >= 15 is 0 Å². The van der Waals surface area contributed by atoms with Crippen LogP contribution in [-0.2, 0) is 11.3 Å². The third kappa shape index (κ3) is 6.85. The first-order chi connectivity index (χ1) is 12.7. The monoisotopic (exact) mass is 404 g/mol. The van der Waals surface area contributed by atoms with Gasteiger partial charge in [0.15, 0.2) is 0 Å². The molecule has 1 heterocycles. The molecule has 1 aromatic heterocycles. The summed E-state index contributed by atoms with van der Waals surface area (Å²) in [6.07, 6.45) is -4.77. The van der Waals surface area contributed by atoms with E-state index in [4.69, 9.17) is 15.3 Å². The van der Waals surface area contributed by atoms with Crippen LogP contribution in [0.25, 0.3) is 0 Å². The molecule has 1 aromatic carbocycles. The Bertz CT molecular complexity index is 783. The van der Waals surface area contributed by atoms with Gasteiger partial charge in [-0.25, -0.2) is 9.67 Å². The summed E-state index contributed by atoms with van der Waals surface area (Å²) in [5.74, 6) is 1.14. The van der Waals surface area contributed by atoms with Gasteiger partial charge in [-0.05, 0) is 31.5 Å². The Morgan fingerprint density at radius 2 is 2.15 bits per heavy atom. The van der Waals surface area contributed by atoms with Gasteiger partial charge in [0, 0.05) is 0 Å². The zero-order valence-electron chi connectivity index (χ0n) is 14.7. The summed E-state index contributed by atoms with van der Waals surface area (Å²) in [5.41, 5.74) is -0.428. The summed E-state index contributed by atoms with van der Waals surface area (Å²) in [7, 11) is 0. The van der Waals surface area contributed by atoms with Gasteiger partial charge in [-0.2, -0.15) is 0 Å². The maximum atomic E-state index is 12.2. The van der Waals surface area contributed by atoms with Gasteiger partial charge in [0.2, 0.25) is 5.82 Å². The van der Waals surface area contributed by atoms with Gasteiger partial charge >= 0.3 is 6.36 Å². The molecule has 148 valence electrons. The highest BCUT2D eigenvalue weighted by molar-refractivity contribution is 8.14. The normalized spacial score (nSPS) is 12.8. The van der Waals surface area contributed by atoms with Gasteiger partial charge in [0.05, 0.1) is 13.2 Å². The van der Waals surface area contributed by atoms with E-state index in [0.717, 1.165) is 5.56 Å². The lowest BCUT2D eigenvalue weighted by Crippen LogP contribution is -2.20. The molecule has 0 saturated carbocycles. The van der Waals surface area contributed by atoms with E-state index in [2.05, 4.69) is 14.8 Å². The zero-order valence-corrected chi connectivity index (χ0v) is 15.5. The van der Waals surface area contributed by atoms with E-state index in [0.29, 0.717) is 29.9 Å². The van der Waals surface area contributed by atoms with Gasteiger partial charge in [-0.1, -0.05) is 23.9 Å². The van der Waals surface area contributed by atoms with Gasteiger partial charge in [0.25, 0.3) is 0 Å². The maximum Gasteiger partial charge on any atom is 0.523 e. The molecule has 2 rings (SSSR count). The molecule has 2 N–H and O–H groups in total. The molecule has 1 atom stereocenters. The van der Waals surface area contributed by atoms with Crippen molar-refractivity contribution in [1.82, 2.24) is 14.8 Å². The number of halogens is 3. The fraction of sp³-hybridized carbons (Fsp3) is 0.438. The molecule has 27 heavy (non-hydrogen) atoms. The highest BCUT2D eigenvalue weighted by Gasteiger charge is 2.33. The van der Waals surface area contributed by atoms with Crippen molar-refractivity contribution in [2.24, 2.45) is 0 Å². The van der Waals surface area contributed by atoms with E-state index in [-0.39, 0.29) is 24.1 Å². The van der Waals surface area contributed by atoms with Crippen molar-refractivity contribution in [3.05, 3.63) is 41.5 Å². The molecule has 0 spiro atoms. The molecular formula is C16H19F3N4O3S. The molecule has 11 heteroatoms. The number of aromatic nitrogens is 3. The fourth-order valence-electron chi connectivity index (χ4n) is 2.17. The van der Waals surface area contributed by atoms with Crippen LogP contribution >= 0.6 is 11.8 Å². The third-order valence-electron chi connectivity index (χ3n) is 3.23. The number of rotatable bonds is 8. The molecule has 0 bridgehead atoms. The molecule has 1 unspecified atom stereocenters. The third-order valence-corrected chi connectivity index (χ3v) is 4.08. The predicted molar refractivity (Wildman–Crippen MR) is 93.9 cm³/mol. The Morgan fingerprint density at radius 3 is 2.81 bits per heavy atom. The number of alkyl halides is 3. The lowest BCUT2D eigenvalue weighted by molar-refractivity contribution is -0.328. The lowest BCUT2D eigenvalue weighted by atomic mass is 10.2. The Hall–Kier alpha value is -2.11. The summed E-state index contributed by atoms with van der Waals surface area (Å²) in [5, 5.41) is 20.7. The number of hydrogen-bond donors (Lipinski definition) is 2. The van der Waals surface area contributed by atoms with Crippen molar-refractivity contribution in [1.29, 1.82) is 5.41 Å². The number of thioether (sulfide) groups is 1. The van der Waals surface area contributed by atoms with Crippen molar-refractivity contribution in [3.63, 3.8) is 0 Å². The number of aryl methyl sites for hydroxylation is 1. The highest BCUT2D eigenvalue weighted by atomic mass is 32.2. The standard InChI is InChI=1S/C16H19F3N4O3S/c1-10-21-15(14(20)27-11(2)26-16(17,18)19)22-23(10)9-12-4-3-5-13(8-12)25-7-6-24/h3-5,8,11,20,24H,6-7,9H2,1-2H3. The van der Waals surface area contributed by atoms with Crippen molar-refractivity contribution < 1.29 is 27.8 Å². The number of nitrogens with zero attached hydrogens (tertiary/aromatic N) is 3. The van der Waals surface area contributed by atoms with Crippen LogP contribution in [0.1, 0.15) is 24.1 Å². The number of nitrogens with one attached hydrogen (secondary N) is 1. The van der Waals surface area contributed by atoms with Crippen LogP contribution in [0.5, 0.6) is 5.75 Å². The van der Waals surface area contributed by atoms with Crippen molar-refractivity contribution in [2.45, 2.75) is 32.2 Å². The van der Waals surface area contributed by atoms with Crippen LogP contribution in [-0.4, -0.2) is 49.9 Å². The van der Waals surface area contributed by atoms with Gasteiger partial charge in [-0.15, -0.1) is 18.3 Å². The van der Waals surface area contributed by atoms with E-state index in [1.807, 2.05) is 6.07 Å². The molecule has 0 aliphatic heterocycles. The van der Waals surface area contributed by atoms with Crippen LogP contribution in [0.3, 0.4) is 0 Å².